The smallest absolute Gasteiger partial charge is 0.220 e. The third kappa shape index (κ3) is 3.26. The molecule has 1 heterocycles. The minimum atomic E-state index is 0.678. The summed E-state index contributed by atoms with van der Waals surface area (Å²) in [5.74, 6) is 1.43. The first kappa shape index (κ1) is 14.3. The van der Waals surface area contributed by atoms with Gasteiger partial charge in [0.1, 0.15) is 5.82 Å². The predicted octanol–water partition coefficient (Wildman–Crippen LogP) is 2.92. The van der Waals surface area contributed by atoms with Crippen LogP contribution in [-0.2, 0) is 12.8 Å². The summed E-state index contributed by atoms with van der Waals surface area (Å²) >= 11 is 0. The lowest BCUT2D eigenvalue weighted by Gasteiger charge is -2.13. The summed E-state index contributed by atoms with van der Waals surface area (Å²) in [6, 6.07) is 7.89. The third-order valence-electron chi connectivity index (χ3n) is 3.21. The molecule has 0 aliphatic rings. The van der Waals surface area contributed by atoms with Crippen LogP contribution in [0.5, 0.6) is 5.88 Å². The highest BCUT2D eigenvalue weighted by molar-refractivity contribution is 5.42. The summed E-state index contributed by atoms with van der Waals surface area (Å²) in [5, 5.41) is 0. The minimum absolute atomic E-state index is 0.678. The second-order valence-corrected chi connectivity index (χ2v) is 4.87. The quantitative estimate of drug-likeness (QED) is 0.849. The van der Waals surface area contributed by atoms with Crippen molar-refractivity contribution in [2.75, 3.05) is 12.8 Å². The molecule has 2 N–H and O–H groups in total. The van der Waals surface area contributed by atoms with Crippen LogP contribution in [-0.4, -0.2) is 17.1 Å². The average Bonchev–Trinajstić information content (AvgIpc) is 2.44. The molecule has 0 amide bonds. The lowest BCUT2D eigenvalue weighted by Crippen LogP contribution is -2.07. The number of nitrogens with two attached hydrogens (primary N) is 1. The number of aryl methyl sites for hydroxylation is 2. The van der Waals surface area contributed by atoms with E-state index in [0.717, 1.165) is 42.0 Å². The van der Waals surface area contributed by atoms with E-state index in [4.69, 9.17) is 10.5 Å². The number of anilines is 1. The van der Waals surface area contributed by atoms with Crippen molar-refractivity contribution >= 4 is 5.69 Å². The number of hydrogen-bond acceptors (Lipinski definition) is 4. The van der Waals surface area contributed by atoms with Gasteiger partial charge in [0.25, 0.3) is 0 Å². The standard InChI is InChI=1S/C16H21N3O/c1-4-5-15-14(16(20-3)19-11(2)18-15)10-12-6-8-13(17)9-7-12/h6-9H,4-5,10,17H2,1-3H3. The fourth-order valence-corrected chi connectivity index (χ4v) is 2.26. The number of hydrogen-bond donors (Lipinski definition) is 1. The molecular formula is C16H21N3O. The van der Waals surface area contributed by atoms with Gasteiger partial charge in [0.05, 0.1) is 12.8 Å². The molecule has 2 rings (SSSR count). The van der Waals surface area contributed by atoms with Gasteiger partial charge in [-0.1, -0.05) is 25.5 Å². The zero-order valence-corrected chi connectivity index (χ0v) is 12.3. The Kier molecular flexibility index (Phi) is 4.56. The van der Waals surface area contributed by atoms with Gasteiger partial charge in [-0.05, 0) is 31.0 Å². The van der Waals surface area contributed by atoms with E-state index >= 15 is 0 Å². The minimum Gasteiger partial charge on any atom is -0.481 e. The molecule has 0 fully saturated rings. The van der Waals surface area contributed by atoms with Crippen molar-refractivity contribution in [1.29, 1.82) is 0 Å². The number of nitrogen functional groups attached to an aromatic ring is 1. The van der Waals surface area contributed by atoms with Gasteiger partial charge >= 0.3 is 0 Å². The number of nitrogens with zero attached hydrogens (tertiary/aromatic N) is 2. The number of rotatable bonds is 5. The zero-order valence-electron chi connectivity index (χ0n) is 12.3. The van der Waals surface area contributed by atoms with E-state index < -0.39 is 0 Å². The molecule has 2 aromatic rings. The van der Waals surface area contributed by atoms with Crippen LogP contribution in [0.25, 0.3) is 0 Å². The van der Waals surface area contributed by atoms with Gasteiger partial charge < -0.3 is 10.5 Å². The summed E-state index contributed by atoms with van der Waals surface area (Å²) in [7, 11) is 1.66. The van der Waals surface area contributed by atoms with E-state index in [1.807, 2.05) is 31.2 Å². The van der Waals surface area contributed by atoms with Crippen LogP contribution in [0.4, 0.5) is 5.69 Å². The molecule has 0 saturated heterocycles. The molecule has 106 valence electrons. The largest absolute Gasteiger partial charge is 0.481 e. The van der Waals surface area contributed by atoms with Crippen LogP contribution in [0.3, 0.4) is 0 Å². The van der Waals surface area contributed by atoms with E-state index in [1.165, 1.54) is 5.56 Å². The Balaban J connectivity index is 2.39. The molecule has 4 nitrogen and oxygen atoms in total. The summed E-state index contributed by atoms with van der Waals surface area (Å²) < 4.78 is 5.43. The Morgan fingerprint density at radius 1 is 1.15 bits per heavy atom. The Bertz CT molecular complexity index is 579. The highest BCUT2D eigenvalue weighted by Crippen LogP contribution is 2.24. The van der Waals surface area contributed by atoms with Gasteiger partial charge in [-0.2, -0.15) is 4.98 Å². The fourth-order valence-electron chi connectivity index (χ4n) is 2.26. The van der Waals surface area contributed by atoms with E-state index in [-0.39, 0.29) is 0 Å². The molecule has 0 atom stereocenters. The molecule has 0 unspecified atom stereocenters. The van der Waals surface area contributed by atoms with E-state index in [1.54, 1.807) is 7.11 Å². The van der Waals surface area contributed by atoms with Crippen LogP contribution in [0.1, 0.15) is 36.0 Å². The topological polar surface area (TPSA) is 61.0 Å². The van der Waals surface area contributed by atoms with Crippen molar-refractivity contribution in [3.05, 3.63) is 46.9 Å². The Morgan fingerprint density at radius 3 is 2.45 bits per heavy atom. The van der Waals surface area contributed by atoms with Crippen LogP contribution < -0.4 is 10.5 Å². The zero-order chi connectivity index (χ0) is 14.5. The number of ether oxygens (including phenoxy) is 1. The van der Waals surface area contributed by atoms with Gasteiger partial charge in [0.2, 0.25) is 5.88 Å². The Hall–Kier alpha value is -2.10. The second kappa shape index (κ2) is 6.37. The molecule has 0 saturated carbocycles. The van der Waals surface area contributed by atoms with Crippen LogP contribution in [0.15, 0.2) is 24.3 Å². The van der Waals surface area contributed by atoms with Crippen molar-refractivity contribution in [3.8, 4) is 5.88 Å². The normalized spacial score (nSPS) is 10.6. The molecule has 0 aliphatic carbocycles. The van der Waals surface area contributed by atoms with Gasteiger partial charge in [0, 0.05) is 17.7 Å². The van der Waals surface area contributed by atoms with E-state index in [0.29, 0.717) is 5.88 Å². The molecule has 1 aromatic heterocycles. The van der Waals surface area contributed by atoms with Crippen LogP contribution in [0, 0.1) is 6.92 Å². The van der Waals surface area contributed by atoms with Gasteiger partial charge in [-0.3, -0.25) is 0 Å². The van der Waals surface area contributed by atoms with Crippen molar-refractivity contribution < 1.29 is 4.74 Å². The first-order valence-electron chi connectivity index (χ1n) is 6.88. The highest BCUT2D eigenvalue weighted by atomic mass is 16.5. The first-order chi connectivity index (χ1) is 9.63. The van der Waals surface area contributed by atoms with Crippen LogP contribution >= 0.6 is 0 Å². The van der Waals surface area contributed by atoms with Gasteiger partial charge in [0.15, 0.2) is 0 Å². The third-order valence-corrected chi connectivity index (χ3v) is 3.21. The van der Waals surface area contributed by atoms with Crippen molar-refractivity contribution in [2.24, 2.45) is 0 Å². The molecule has 1 aromatic carbocycles. The fraction of sp³-hybridized carbons (Fsp3) is 0.375. The summed E-state index contributed by atoms with van der Waals surface area (Å²) in [6.45, 7) is 4.05. The lowest BCUT2D eigenvalue weighted by atomic mass is 10.0. The second-order valence-electron chi connectivity index (χ2n) is 4.87. The summed E-state index contributed by atoms with van der Waals surface area (Å²) in [6.07, 6.45) is 2.75. The van der Waals surface area contributed by atoms with E-state index in [9.17, 15) is 0 Å². The molecule has 4 heteroatoms. The molecule has 0 radical (unpaired) electrons. The lowest BCUT2D eigenvalue weighted by molar-refractivity contribution is 0.389. The SMILES string of the molecule is CCCc1nc(C)nc(OC)c1Cc1ccc(N)cc1. The molecular weight excluding hydrogens is 250 g/mol. The number of methoxy groups -OCH3 is 1. The summed E-state index contributed by atoms with van der Waals surface area (Å²) in [5.41, 5.74) is 9.83. The Morgan fingerprint density at radius 2 is 1.85 bits per heavy atom. The Labute approximate surface area is 120 Å². The van der Waals surface area contributed by atoms with Gasteiger partial charge in [-0.25, -0.2) is 4.98 Å². The molecule has 0 aliphatic heterocycles. The van der Waals surface area contributed by atoms with Crippen molar-refractivity contribution in [2.45, 2.75) is 33.1 Å². The van der Waals surface area contributed by atoms with Crippen molar-refractivity contribution in [3.63, 3.8) is 0 Å². The van der Waals surface area contributed by atoms with Crippen molar-refractivity contribution in [1.82, 2.24) is 9.97 Å². The molecule has 0 spiro atoms. The maximum atomic E-state index is 5.72. The van der Waals surface area contributed by atoms with Crippen LogP contribution in [0.2, 0.25) is 0 Å². The summed E-state index contributed by atoms with van der Waals surface area (Å²) in [4.78, 5) is 8.96. The highest BCUT2D eigenvalue weighted by Gasteiger charge is 2.13. The maximum Gasteiger partial charge on any atom is 0.220 e. The molecule has 20 heavy (non-hydrogen) atoms. The average molecular weight is 271 g/mol. The van der Waals surface area contributed by atoms with Gasteiger partial charge in [-0.15, -0.1) is 0 Å². The predicted molar refractivity (Wildman–Crippen MR) is 81.0 cm³/mol. The maximum absolute atomic E-state index is 5.72. The number of aromatic nitrogens is 2. The first-order valence-corrected chi connectivity index (χ1v) is 6.88. The van der Waals surface area contributed by atoms with E-state index in [2.05, 4.69) is 16.9 Å². The monoisotopic (exact) mass is 271 g/mol. The number of benzene rings is 1. The molecule has 0 bridgehead atoms.